The lowest BCUT2D eigenvalue weighted by atomic mass is 10.0. The second kappa shape index (κ2) is 7.94. The Morgan fingerprint density at radius 3 is 2.47 bits per heavy atom. The third kappa shape index (κ3) is 3.52. The number of thiophene rings is 1. The Labute approximate surface area is 187 Å². The molecule has 0 saturated heterocycles. The number of hydrogen-bond acceptors (Lipinski definition) is 5. The molecule has 0 aliphatic rings. The van der Waals surface area contributed by atoms with E-state index in [1.165, 1.54) is 17.4 Å². The van der Waals surface area contributed by atoms with E-state index in [0.29, 0.717) is 21.8 Å². The Hall–Kier alpha value is -3.97. The van der Waals surface area contributed by atoms with Crippen LogP contribution in [0.2, 0.25) is 0 Å². The number of aromatic carboxylic acids is 1. The van der Waals surface area contributed by atoms with Gasteiger partial charge in [-0.15, -0.1) is 11.3 Å². The fourth-order valence-electron chi connectivity index (χ4n) is 3.66. The SMILES string of the molecule is Cc1ccc(-c2csc3nc(-c4ccccc4)n(Cc4ccc(C(=O)O)o4)c(=O)c23)cc1. The van der Waals surface area contributed by atoms with Gasteiger partial charge in [0.15, 0.2) is 0 Å². The molecule has 0 amide bonds. The summed E-state index contributed by atoms with van der Waals surface area (Å²) in [6, 6.07) is 20.4. The van der Waals surface area contributed by atoms with Crippen LogP contribution in [-0.4, -0.2) is 20.6 Å². The number of fused-ring (bicyclic) bond motifs is 1. The number of rotatable bonds is 5. The molecule has 7 heteroatoms. The van der Waals surface area contributed by atoms with Crippen molar-refractivity contribution in [1.82, 2.24) is 9.55 Å². The number of aromatic nitrogens is 2. The van der Waals surface area contributed by atoms with Gasteiger partial charge in [-0.2, -0.15) is 0 Å². The maximum atomic E-state index is 13.8. The van der Waals surface area contributed by atoms with Gasteiger partial charge in [-0.1, -0.05) is 60.2 Å². The van der Waals surface area contributed by atoms with Crippen molar-refractivity contribution in [3.8, 4) is 22.5 Å². The molecule has 158 valence electrons. The molecule has 5 aromatic rings. The maximum Gasteiger partial charge on any atom is 0.371 e. The van der Waals surface area contributed by atoms with E-state index in [1.807, 2.05) is 66.9 Å². The molecule has 0 spiro atoms. The Morgan fingerprint density at radius 1 is 1.03 bits per heavy atom. The molecular formula is C25H18N2O4S. The Kier molecular flexibility index (Phi) is 4.95. The number of carboxylic acids is 1. The van der Waals surface area contributed by atoms with Gasteiger partial charge in [0.2, 0.25) is 5.76 Å². The minimum Gasteiger partial charge on any atom is -0.475 e. The highest BCUT2D eigenvalue weighted by atomic mass is 32.1. The van der Waals surface area contributed by atoms with Crippen LogP contribution in [0, 0.1) is 6.92 Å². The fourth-order valence-corrected chi connectivity index (χ4v) is 4.60. The highest BCUT2D eigenvalue weighted by Crippen LogP contribution is 2.32. The van der Waals surface area contributed by atoms with Crippen LogP contribution in [0.1, 0.15) is 21.9 Å². The van der Waals surface area contributed by atoms with Gasteiger partial charge in [0.1, 0.15) is 16.4 Å². The summed E-state index contributed by atoms with van der Waals surface area (Å²) < 4.78 is 6.98. The molecule has 6 nitrogen and oxygen atoms in total. The normalized spacial score (nSPS) is 11.2. The summed E-state index contributed by atoms with van der Waals surface area (Å²) in [6.07, 6.45) is 0. The van der Waals surface area contributed by atoms with Crippen molar-refractivity contribution in [2.75, 3.05) is 0 Å². The molecule has 0 unspecified atom stereocenters. The Bertz CT molecular complexity index is 1500. The molecule has 0 fully saturated rings. The molecule has 0 bridgehead atoms. The maximum absolute atomic E-state index is 13.8. The molecule has 0 atom stereocenters. The smallest absolute Gasteiger partial charge is 0.371 e. The van der Waals surface area contributed by atoms with Crippen LogP contribution in [-0.2, 0) is 6.54 Å². The number of carboxylic acid groups (broad SMARTS) is 1. The number of benzene rings is 2. The minimum atomic E-state index is -1.15. The number of hydrogen-bond donors (Lipinski definition) is 1. The average Bonchev–Trinajstić information content (AvgIpc) is 3.44. The first-order chi connectivity index (χ1) is 15.5. The third-order valence-electron chi connectivity index (χ3n) is 5.27. The molecule has 0 aliphatic carbocycles. The van der Waals surface area contributed by atoms with Crippen LogP contribution in [0.15, 0.2) is 81.3 Å². The first kappa shape index (κ1) is 20.0. The van der Waals surface area contributed by atoms with Gasteiger partial charge in [0, 0.05) is 16.5 Å². The van der Waals surface area contributed by atoms with Gasteiger partial charge >= 0.3 is 5.97 Å². The summed E-state index contributed by atoms with van der Waals surface area (Å²) in [7, 11) is 0. The Morgan fingerprint density at radius 2 is 1.78 bits per heavy atom. The summed E-state index contributed by atoms with van der Waals surface area (Å²) >= 11 is 1.43. The average molecular weight is 442 g/mol. The lowest BCUT2D eigenvalue weighted by molar-refractivity contribution is 0.0660. The van der Waals surface area contributed by atoms with Crippen molar-refractivity contribution >= 4 is 27.5 Å². The lowest BCUT2D eigenvalue weighted by Gasteiger charge is -2.12. The monoisotopic (exact) mass is 442 g/mol. The van der Waals surface area contributed by atoms with E-state index >= 15 is 0 Å². The van der Waals surface area contributed by atoms with E-state index in [0.717, 1.165) is 22.3 Å². The summed E-state index contributed by atoms with van der Waals surface area (Å²) in [5.74, 6) is -0.442. The molecule has 3 aromatic heterocycles. The van der Waals surface area contributed by atoms with Gasteiger partial charge in [0.25, 0.3) is 5.56 Å². The zero-order valence-corrected chi connectivity index (χ0v) is 17.9. The second-order valence-corrected chi connectivity index (χ2v) is 8.32. The van der Waals surface area contributed by atoms with Crippen molar-refractivity contribution in [2.24, 2.45) is 0 Å². The quantitative estimate of drug-likeness (QED) is 0.392. The molecule has 1 N–H and O–H groups in total. The van der Waals surface area contributed by atoms with E-state index in [1.54, 1.807) is 10.6 Å². The van der Waals surface area contributed by atoms with Crippen molar-refractivity contribution in [3.63, 3.8) is 0 Å². The van der Waals surface area contributed by atoms with Crippen molar-refractivity contribution in [3.05, 3.63) is 99.5 Å². The summed E-state index contributed by atoms with van der Waals surface area (Å²) in [4.78, 5) is 30.5. The minimum absolute atomic E-state index is 0.0719. The van der Waals surface area contributed by atoms with E-state index in [4.69, 9.17) is 9.40 Å². The highest BCUT2D eigenvalue weighted by Gasteiger charge is 2.19. The zero-order valence-electron chi connectivity index (χ0n) is 17.1. The predicted molar refractivity (Wildman–Crippen MR) is 124 cm³/mol. The van der Waals surface area contributed by atoms with Gasteiger partial charge in [-0.25, -0.2) is 9.78 Å². The summed E-state index contributed by atoms with van der Waals surface area (Å²) in [5, 5.41) is 11.7. The molecule has 2 aromatic carbocycles. The molecule has 0 radical (unpaired) electrons. The Balaban J connectivity index is 1.73. The van der Waals surface area contributed by atoms with Gasteiger partial charge in [-0.05, 0) is 24.6 Å². The van der Waals surface area contributed by atoms with Crippen molar-refractivity contribution in [2.45, 2.75) is 13.5 Å². The zero-order chi connectivity index (χ0) is 22.2. The number of aryl methyl sites for hydroxylation is 1. The van der Waals surface area contributed by atoms with Crippen LogP contribution in [0.5, 0.6) is 0 Å². The topological polar surface area (TPSA) is 85.3 Å². The fraction of sp³-hybridized carbons (Fsp3) is 0.0800. The van der Waals surface area contributed by atoms with Gasteiger partial charge < -0.3 is 9.52 Å². The summed E-state index contributed by atoms with van der Waals surface area (Å²) in [6.45, 7) is 2.09. The largest absolute Gasteiger partial charge is 0.475 e. The predicted octanol–water partition coefficient (Wildman–Crippen LogP) is 5.44. The van der Waals surface area contributed by atoms with Crippen LogP contribution in [0.4, 0.5) is 0 Å². The van der Waals surface area contributed by atoms with Crippen molar-refractivity contribution in [1.29, 1.82) is 0 Å². The number of carbonyl (C=O) groups is 1. The third-order valence-corrected chi connectivity index (χ3v) is 6.15. The van der Waals surface area contributed by atoms with E-state index in [9.17, 15) is 14.7 Å². The molecule has 0 saturated carbocycles. The van der Waals surface area contributed by atoms with E-state index < -0.39 is 5.97 Å². The first-order valence-electron chi connectivity index (χ1n) is 9.98. The molecule has 3 heterocycles. The molecule has 32 heavy (non-hydrogen) atoms. The van der Waals surface area contributed by atoms with Gasteiger partial charge in [-0.3, -0.25) is 9.36 Å². The highest BCUT2D eigenvalue weighted by molar-refractivity contribution is 7.17. The van der Waals surface area contributed by atoms with Crippen LogP contribution >= 0.6 is 11.3 Å². The van der Waals surface area contributed by atoms with Crippen LogP contribution in [0.3, 0.4) is 0 Å². The lowest BCUT2D eigenvalue weighted by Crippen LogP contribution is -2.23. The molecular weight excluding hydrogens is 424 g/mol. The van der Waals surface area contributed by atoms with Crippen LogP contribution in [0.25, 0.3) is 32.7 Å². The van der Waals surface area contributed by atoms with Gasteiger partial charge in [0.05, 0.1) is 11.9 Å². The van der Waals surface area contributed by atoms with Crippen molar-refractivity contribution < 1.29 is 14.3 Å². The second-order valence-electron chi connectivity index (χ2n) is 7.46. The molecule has 0 aliphatic heterocycles. The van der Waals surface area contributed by atoms with Crippen LogP contribution < -0.4 is 5.56 Å². The summed E-state index contributed by atoms with van der Waals surface area (Å²) in [5.41, 5.74) is 3.52. The number of furan rings is 1. The first-order valence-corrected chi connectivity index (χ1v) is 10.9. The number of nitrogens with zero attached hydrogens (tertiary/aromatic N) is 2. The van der Waals surface area contributed by atoms with E-state index in [-0.39, 0.29) is 17.9 Å². The molecule has 5 rings (SSSR count). The van der Waals surface area contributed by atoms with E-state index in [2.05, 4.69) is 0 Å². The standard InChI is InChI=1S/C25H18N2O4S/c1-15-7-9-16(10-8-15)19-14-32-23-21(19)24(28)27(13-18-11-12-20(31-18)25(29)30)22(26-23)17-5-3-2-4-6-17/h2-12,14H,13H2,1H3,(H,29,30).